The number of hydrogen-bond donors (Lipinski definition) is 1. The van der Waals surface area contributed by atoms with Crippen LogP contribution in [0.2, 0.25) is 0 Å². The van der Waals surface area contributed by atoms with Crippen molar-refractivity contribution in [2.24, 2.45) is 0 Å². The average Bonchev–Trinajstić information content (AvgIpc) is 2.60. The number of nitrogens with one attached hydrogen (secondary N) is 1. The normalized spacial score (nSPS) is 14.0. The van der Waals surface area contributed by atoms with Gasteiger partial charge in [-0.2, -0.15) is 13.2 Å². The van der Waals surface area contributed by atoms with Crippen LogP contribution in [0.1, 0.15) is 15.9 Å². The van der Waals surface area contributed by atoms with E-state index in [0.29, 0.717) is 6.07 Å². The number of para-hydroxylation sites is 1. The third-order valence-corrected chi connectivity index (χ3v) is 4.84. The first kappa shape index (κ1) is 18.1. The molecule has 138 valence electrons. The second-order valence-electron chi connectivity index (χ2n) is 5.29. The fourth-order valence-electron chi connectivity index (χ4n) is 2.33. The summed E-state index contributed by atoms with van der Waals surface area (Å²) >= 11 is 0. The lowest BCUT2D eigenvalue weighted by molar-refractivity contribution is -0.137. The van der Waals surface area contributed by atoms with Crippen molar-refractivity contribution >= 4 is 15.9 Å². The maximum Gasteiger partial charge on any atom is 0.416 e. The Morgan fingerprint density at radius 3 is 2.46 bits per heavy atom. The molecule has 0 spiro atoms. The lowest BCUT2D eigenvalue weighted by Crippen LogP contribution is -2.31. The molecule has 0 saturated heterocycles. The van der Waals surface area contributed by atoms with Gasteiger partial charge in [0.05, 0.1) is 16.0 Å². The highest BCUT2D eigenvalue weighted by atomic mass is 32.2. The Morgan fingerprint density at radius 2 is 1.73 bits per heavy atom. The number of sulfonamides is 1. The summed E-state index contributed by atoms with van der Waals surface area (Å²) in [6, 6.07) is 7.44. The van der Waals surface area contributed by atoms with Crippen molar-refractivity contribution in [3.05, 3.63) is 53.6 Å². The monoisotopic (exact) mass is 387 g/mol. The van der Waals surface area contributed by atoms with Crippen molar-refractivity contribution in [1.29, 1.82) is 0 Å². The summed E-state index contributed by atoms with van der Waals surface area (Å²) < 4.78 is 75.2. The van der Waals surface area contributed by atoms with Crippen LogP contribution < -0.4 is 14.2 Å². The van der Waals surface area contributed by atoms with Crippen LogP contribution >= 0.6 is 0 Å². The molecule has 0 fully saturated rings. The SMILES string of the molecule is O=C(NS(=O)(=O)c1cccc(C(F)(F)F)c1)c1cccc2c1OCCO2. The molecule has 2 aromatic carbocycles. The Balaban J connectivity index is 1.90. The highest BCUT2D eigenvalue weighted by Crippen LogP contribution is 2.34. The average molecular weight is 387 g/mol. The molecular weight excluding hydrogens is 375 g/mol. The van der Waals surface area contributed by atoms with E-state index in [1.54, 1.807) is 10.8 Å². The Bertz CT molecular complexity index is 957. The highest BCUT2D eigenvalue weighted by molar-refractivity contribution is 7.90. The predicted molar refractivity (Wildman–Crippen MR) is 83.5 cm³/mol. The number of carbonyl (C=O) groups excluding carboxylic acids is 1. The van der Waals surface area contributed by atoms with E-state index in [4.69, 9.17) is 9.47 Å². The van der Waals surface area contributed by atoms with Gasteiger partial charge >= 0.3 is 6.18 Å². The zero-order chi connectivity index (χ0) is 18.9. The van der Waals surface area contributed by atoms with Gasteiger partial charge in [-0.15, -0.1) is 0 Å². The van der Waals surface area contributed by atoms with E-state index in [1.807, 2.05) is 0 Å². The lowest BCUT2D eigenvalue weighted by Gasteiger charge is -2.20. The van der Waals surface area contributed by atoms with E-state index in [9.17, 15) is 26.4 Å². The fourth-order valence-corrected chi connectivity index (χ4v) is 3.34. The summed E-state index contributed by atoms with van der Waals surface area (Å²) in [7, 11) is -4.51. The summed E-state index contributed by atoms with van der Waals surface area (Å²) in [5.41, 5.74) is -1.24. The molecule has 10 heteroatoms. The van der Waals surface area contributed by atoms with Gasteiger partial charge in [0.15, 0.2) is 11.5 Å². The molecule has 26 heavy (non-hydrogen) atoms. The number of hydrogen-bond acceptors (Lipinski definition) is 5. The predicted octanol–water partition coefficient (Wildman–Crippen LogP) is 2.60. The van der Waals surface area contributed by atoms with Crippen LogP contribution in [0.15, 0.2) is 47.4 Å². The Morgan fingerprint density at radius 1 is 1.04 bits per heavy atom. The molecule has 0 atom stereocenters. The molecule has 0 aliphatic carbocycles. The largest absolute Gasteiger partial charge is 0.486 e. The maximum absolute atomic E-state index is 12.8. The molecule has 1 aliphatic rings. The molecule has 0 saturated carbocycles. The van der Waals surface area contributed by atoms with Crippen LogP contribution in [0.3, 0.4) is 0 Å². The van der Waals surface area contributed by atoms with Crippen LogP contribution in [-0.2, 0) is 16.2 Å². The summed E-state index contributed by atoms with van der Waals surface area (Å²) in [4.78, 5) is 11.7. The second kappa shape index (κ2) is 6.52. The first-order chi connectivity index (χ1) is 12.2. The van der Waals surface area contributed by atoms with E-state index in [-0.39, 0.29) is 30.3 Å². The van der Waals surface area contributed by atoms with Gasteiger partial charge in [-0.3, -0.25) is 4.79 Å². The molecule has 2 aromatic rings. The summed E-state index contributed by atoms with van der Waals surface area (Å²) in [5, 5.41) is 0. The van der Waals surface area contributed by atoms with E-state index >= 15 is 0 Å². The van der Waals surface area contributed by atoms with Gasteiger partial charge < -0.3 is 9.47 Å². The molecule has 0 unspecified atom stereocenters. The minimum atomic E-state index is -4.71. The smallest absolute Gasteiger partial charge is 0.416 e. The molecule has 1 amide bonds. The van der Waals surface area contributed by atoms with Crippen molar-refractivity contribution < 1.29 is 35.9 Å². The van der Waals surface area contributed by atoms with Gasteiger partial charge in [-0.25, -0.2) is 13.1 Å². The maximum atomic E-state index is 12.8. The first-order valence-corrected chi connectivity index (χ1v) is 8.80. The van der Waals surface area contributed by atoms with E-state index in [0.717, 1.165) is 18.2 Å². The van der Waals surface area contributed by atoms with E-state index in [1.165, 1.54) is 12.1 Å². The molecular formula is C16H12F3NO5S. The minimum Gasteiger partial charge on any atom is -0.486 e. The molecule has 3 rings (SSSR count). The number of alkyl halides is 3. The molecule has 6 nitrogen and oxygen atoms in total. The van der Waals surface area contributed by atoms with Crippen LogP contribution in [0, 0.1) is 0 Å². The van der Waals surface area contributed by atoms with Gasteiger partial charge in [0.1, 0.15) is 13.2 Å². The molecule has 0 bridgehead atoms. The quantitative estimate of drug-likeness (QED) is 0.876. The van der Waals surface area contributed by atoms with Crippen molar-refractivity contribution in [3.8, 4) is 11.5 Å². The van der Waals surface area contributed by atoms with Gasteiger partial charge in [-0.05, 0) is 30.3 Å². The van der Waals surface area contributed by atoms with Crippen molar-refractivity contribution in [2.45, 2.75) is 11.1 Å². The summed E-state index contributed by atoms with van der Waals surface area (Å²) in [6.45, 7) is 0.457. The molecule has 0 radical (unpaired) electrons. The second-order valence-corrected chi connectivity index (χ2v) is 6.97. The lowest BCUT2D eigenvalue weighted by atomic mass is 10.1. The minimum absolute atomic E-state index is 0.0792. The van der Waals surface area contributed by atoms with Gasteiger partial charge in [-0.1, -0.05) is 12.1 Å². The number of fused-ring (bicyclic) bond motifs is 1. The molecule has 1 N–H and O–H groups in total. The van der Waals surface area contributed by atoms with Crippen molar-refractivity contribution in [1.82, 2.24) is 4.72 Å². The number of ether oxygens (including phenoxy) is 2. The Kier molecular flexibility index (Phi) is 4.53. The Labute approximate surface area is 146 Å². The number of amides is 1. The van der Waals surface area contributed by atoms with Crippen LogP contribution in [0.4, 0.5) is 13.2 Å². The first-order valence-electron chi connectivity index (χ1n) is 7.31. The topological polar surface area (TPSA) is 81.7 Å². The van der Waals surface area contributed by atoms with Crippen LogP contribution in [0.5, 0.6) is 11.5 Å². The number of halogens is 3. The Hall–Kier alpha value is -2.75. The van der Waals surface area contributed by atoms with Gasteiger partial charge in [0.25, 0.3) is 15.9 Å². The molecule has 0 aromatic heterocycles. The zero-order valence-electron chi connectivity index (χ0n) is 13.0. The zero-order valence-corrected chi connectivity index (χ0v) is 13.9. The summed E-state index contributed by atoms with van der Waals surface area (Å²) in [6.07, 6.45) is -4.71. The number of benzene rings is 2. The van der Waals surface area contributed by atoms with Crippen molar-refractivity contribution in [2.75, 3.05) is 13.2 Å². The number of rotatable bonds is 3. The third-order valence-electron chi connectivity index (χ3n) is 3.51. The van der Waals surface area contributed by atoms with Gasteiger partial charge in [0, 0.05) is 0 Å². The number of carbonyl (C=O) groups is 1. The van der Waals surface area contributed by atoms with Crippen LogP contribution in [-0.4, -0.2) is 27.5 Å². The highest BCUT2D eigenvalue weighted by Gasteiger charge is 2.32. The third kappa shape index (κ3) is 3.59. The fraction of sp³-hybridized carbons (Fsp3) is 0.188. The molecule has 1 aliphatic heterocycles. The van der Waals surface area contributed by atoms with Crippen molar-refractivity contribution in [3.63, 3.8) is 0 Å². The van der Waals surface area contributed by atoms with Gasteiger partial charge in [0.2, 0.25) is 0 Å². The van der Waals surface area contributed by atoms with Crippen LogP contribution in [0.25, 0.3) is 0 Å². The van der Waals surface area contributed by atoms with E-state index < -0.39 is 32.6 Å². The standard InChI is InChI=1S/C16H12F3NO5S/c17-16(18,19)10-3-1-4-11(9-10)26(22,23)20-15(21)12-5-2-6-13-14(12)25-8-7-24-13/h1-6,9H,7-8H2,(H,20,21). The molecule has 1 heterocycles. The summed E-state index contributed by atoms with van der Waals surface area (Å²) in [5.74, 6) is -0.680. The van der Waals surface area contributed by atoms with E-state index in [2.05, 4.69) is 0 Å².